The lowest BCUT2D eigenvalue weighted by Gasteiger charge is -2.10. The Morgan fingerprint density at radius 3 is 2.10 bits per heavy atom. The second-order valence-corrected chi connectivity index (χ2v) is 8.23. The van der Waals surface area contributed by atoms with E-state index in [9.17, 15) is 0 Å². The van der Waals surface area contributed by atoms with Gasteiger partial charge in [0.15, 0.2) is 0 Å². The van der Waals surface area contributed by atoms with Gasteiger partial charge in [-0.1, -0.05) is 66.7 Å². The van der Waals surface area contributed by atoms with Gasteiger partial charge in [0.05, 0.1) is 21.6 Å². The van der Waals surface area contributed by atoms with Crippen molar-refractivity contribution in [2.45, 2.75) is 0 Å². The SMILES string of the molecule is c1ccc(-c2nnc3sc4ccc(-c5ccccn5)nc4c3c2-c2ccccc2)cc1. The molecule has 0 radical (unpaired) electrons. The summed E-state index contributed by atoms with van der Waals surface area (Å²) < 4.78 is 1.09. The minimum absolute atomic E-state index is 0.852. The number of benzene rings is 2. The molecule has 4 nitrogen and oxygen atoms in total. The van der Waals surface area contributed by atoms with Crippen molar-refractivity contribution in [3.8, 4) is 33.8 Å². The van der Waals surface area contributed by atoms with Crippen LogP contribution in [0.3, 0.4) is 0 Å². The molecule has 0 aliphatic carbocycles. The summed E-state index contributed by atoms with van der Waals surface area (Å²) in [6.07, 6.45) is 1.79. The molecule has 6 rings (SSSR count). The highest BCUT2D eigenvalue weighted by atomic mass is 32.1. The third-order valence-corrected chi connectivity index (χ3v) is 6.31. The van der Waals surface area contributed by atoms with E-state index in [0.29, 0.717) is 0 Å². The van der Waals surface area contributed by atoms with Crippen LogP contribution in [0.1, 0.15) is 0 Å². The summed E-state index contributed by atoms with van der Waals surface area (Å²) in [6.45, 7) is 0. The summed E-state index contributed by atoms with van der Waals surface area (Å²) in [7, 11) is 0. The number of nitrogens with zero attached hydrogens (tertiary/aromatic N) is 4. The van der Waals surface area contributed by atoms with E-state index in [1.54, 1.807) is 17.5 Å². The molecular formula is C26H16N4S. The number of aromatic nitrogens is 4. The summed E-state index contributed by atoms with van der Waals surface area (Å²) >= 11 is 1.62. The van der Waals surface area contributed by atoms with E-state index in [1.807, 2.05) is 48.5 Å². The van der Waals surface area contributed by atoms with Gasteiger partial charge in [-0.05, 0) is 29.8 Å². The number of rotatable bonds is 3. The first-order valence-electron chi connectivity index (χ1n) is 10.0. The molecule has 0 atom stereocenters. The zero-order valence-corrected chi connectivity index (χ0v) is 17.3. The van der Waals surface area contributed by atoms with Gasteiger partial charge in [-0.25, -0.2) is 4.98 Å². The Hall–Kier alpha value is -3.96. The van der Waals surface area contributed by atoms with Gasteiger partial charge in [-0.2, -0.15) is 0 Å². The van der Waals surface area contributed by atoms with Gasteiger partial charge in [-0.15, -0.1) is 21.5 Å². The normalized spacial score (nSPS) is 11.2. The molecule has 31 heavy (non-hydrogen) atoms. The molecule has 0 spiro atoms. The zero-order chi connectivity index (χ0) is 20.6. The lowest BCUT2D eigenvalue weighted by atomic mass is 9.97. The van der Waals surface area contributed by atoms with Gasteiger partial charge in [0, 0.05) is 22.7 Å². The number of pyridine rings is 2. The van der Waals surface area contributed by atoms with Crippen molar-refractivity contribution in [2.75, 3.05) is 0 Å². The van der Waals surface area contributed by atoms with Crippen LogP contribution in [0.15, 0.2) is 97.2 Å². The second-order valence-electron chi connectivity index (χ2n) is 7.20. The van der Waals surface area contributed by atoms with E-state index < -0.39 is 0 Å². The third-order valence-electron chi connectivity index (χ3n) is 5.28. The lowest BCUT2D eigenvalue weighted by molar-refractivity contribution is 1.09. The molecular weight excluding hydrogens is 400 g/mol. The second kappa shape index (κ2) is 7.38. The van der Waals surface area contributed by atoms with Gasteiger partial charge in [-0.3, -0.25) is 4.98 Å². The fourth-order valence-electron chi connectivity index (χ4n) is 3.86. The number of thiophene rings is 1. The Kier molecular flexibility index (Phi) is 4.25. The van der Waals surface area contributed by atoms with Crippen molar-refractivity contribution in [1.29, 1.82) is 0 Å². The summed E-state index contributed by atoms with van der Waals surface area (Å²) in [5.41, 5.74) is 6.72. The van der Waals surface area contributed by atoms with Crippen LogP contribution in [0.25, 0.3) is 54.2 Å². The van der Waals surface area contributed by atoms with Crippen molar-refractivity contribution in [2.24, 2.45) is 0 Å². The minimum Gasteiger partial charge on any atom is -0.255 e. The number of hydrogen-bond acceptors (Lipinski definition) is 5. The van der Waals surface area contributed by atoms with Gasteiger partial charge in [0.2, 0.25) is 0 Å². The van der Waals surface area contributed by atoms with Crippen molar-refractivity contribution < 1.29 is 0 Å². The molecule has 0 amide bonds. The van der Waals surface area contributed by atoms with Crippen molar-refractivity contribution in [1.82, 2.24) is 20.2 Å². The van der Waals surface area contributed by atoms with Gasteiger partial charge < -0.3 is 0 Å². The van der Waals surface area contributed by atoms with Gasteiger partial charge in [0.25, 0.3) is 0 Å². The molecule has 2 aromatic carbocycles. The van der Waals surface area contributed by atoms with Crippen molar-refractivity contribution >= 4 is 31.8 Å². The maximum atomic E-state index is 5.03. The quantitative estimate of drug-likeness (QED) is 0.325. The Morgan fingerprint density at radius 2 is 1.35 bits per heavy atom. The van der Waals surface area contributed by atoms with Crippen molar-refractivity contribution in [3.05, 3.63) is 97.2 Å². The first kappa shape index (κ1) is 17.9. The minimum atomic E-state index is 0.852. The molecule has 0 bridgehead atoms. The van der Waals surface area contributed by atoms with Crippen LogP contribution in [0.5, 0.6) is 0 Å². The molecule has 4 heterocycles. The molecule has 146 valence electrons. The van der Waals surface area contributed by atoms with Gasteiger partial charge >= 0.3 is 0 Å². The predicted octanol–water partition coefficient (Wildman–Crippen LogP) is 6.64. The van der Waals surface area contributed by atoms with E-state index in [0.717, 1.165) is 54.2 Å². The molecule has 0 aliphatic rings. The number of fused-ring (bicyclic) bond motifs is 3. The molecule has 0 N–H and O–H groups in total. The first-order valence-corrected chi connectivity index (χ1v) is 10.8. The van der Waals surface area contributed by atoms with Crippen LogP contribution in [-0.2, 0) is 0 Å². The fourth-order valence-corrected chi connectivity index (χ4v) is 4.84. The third kappa shape index (κ3) is 3.07. The van der Waals surface area contributed by atoms with E-state index in [-0.39, 0.29) is 0 Å². The fraction of sp³-hybridized carbons (Fsp3) is 0. The maximum Gasteiger partial charge on any atom is 0.149 e. The van der Waals surface area contributed by atoms with Crippen LogP contribution in [0, 0.1) is 0 Å². The maximum absolute atomic E-state index is 5.03. The molecule has 4 aromatic heterocycles. The average molecular weight is 417 g/mol. The Morgan fingerprint density at radius 1 is 0.613 bits per heavy atom. The first-order chi connectivity index (χ1) is 15.4. The van der Waals surface area contributed by atoms with Gasteiger partial charge in [0.1, 0.15) is 10.5 Å². The highest BCUT2D eigenvalue weighted by Crippen LogP contribution is 2.42. The molecule has 0 saturated heterocycles. The van der Waals surface area contributed by atoms with E-state index in [1.165, 1.54) is 0 Å². The highest BCUT2D eigenvalue weighted by Gasteiger charge is 2.20. The Balaban J connectivity index is 1.72. The predicted molar refractivity (Wildman–Crippen MR) is 127 cm³/mol. The summed E-state index contributed by atoms with van der Waals surface area (Å²) in [5, 5.41) is 10.3. The molecule has 5 heteroatoms. The number of hydrogen-bond donors (Lipinski definition) is 0. The lowest BCUT2D eigenvalue weighted by Crippen LogP contribution is -1.94. The largest absolute Gasteiger partial charge is 0.255 e. The summed E-state index contributed by atoms with van der Waals surface area (Å²) in [6, 6.07) is 30.6. The smallest absolute Gasteiger partial charge is 0.149 e. The Labute approximate surface area is 182 Å². The van der Waals surface area contributed by atoms with Crippen LogP contribution in [0.4, 0.5) is 0 Å². The zero-order valence-electron chi connectivity index (χ0n) is 16.4. The molecule has 6 aromatic rings. The van der Waals surface area contributed by atoms with Crippen LogP contribution >= 0.6 is 11.3 Å². The standard InChI is InChI=1S/C26H16N4S/c1-3-9-17(10-4-1)22-23-25-21(15-14-20(28-25)19-13-7-8-16-27-19)31-26(23)30-29-24(22)18-11-5-2-6-12-18/h1-16H. The summed E-state index contributed by atoms with van der Waals surface area (Å²) in [5.74, 6) is 0. The van der Waals surface area contributed by atoms with Crippen LogP contribution in [0.2, 0.25) is 0 Å². The van der Waals surface area contributed by atoms with Crippen LogP contribution in [-0.4, -0.2) is 20.2 Å². The van der Waals surface area contributed by atoms with E-state index in [4.69, 9.17) is 4.98 Å². The van der Waals surface area contributed by atoms with Crippen molar-refractivity contribution in [3.63, 3.8) is 0 Å². The monoisotopic (exact) mass is 416 g/mol. The van der Waals surface area contributed by atoms with E-state index >= 15 is 0 Å². The molecule has 0 saturated carbocycles. The topological polar surface area (TPSA) is 51.6 Å². The Bertz CT molecular complexity index is 1510. The van der Waals surface area contributed by atoms with E-state index in [2.05, 4.69) is 57.6 Å². The molecule has 0 aliphatic heterocycles. The summed E-state index contributed by atoms with van der Waals surface area (Å²) in [4.78, 5) is 10.4. The van der Waals surface area contributed by atoms with Crippen LogP contribution < -0.4 is 0 Å². The molecule has 0 fully saturated rings. The highest BCUT2D eigenvalue weighted by molar-refractivity contribution is 7.25. The average Bonchev–Trinajstić information content (AvgIpc) is 3.23. The molecule has 0 unspecified atom stereocenters.